The molecule has 1 heterocycles. The monoisotopic (exact) mass is 403 g/mol. The van der Waals surface area contributed by atoms with E-state index in [1.54, 1.807) is 12.1 Å². The van der Waals surface area contributed by atoms with Gasteiger partial charge in [-0.15, -0.1) is 0 Å². The van der Waals surface area contributed by atoms with E-state index in [0.29, 0.717) is 0 Å². The molecule has 0 amide bonds. The summed E-state index contributed by atoms with van der Waals surface area (Å²) in [6.07, 6.45) is -7.39. The molecule has 1 aromatic heterocycles. The first-order valence-electron chi connectivity index (χ1n) is 7.59. The molecule has 0 spiro atoms. The van der Waals surface area contributed by atoms with Crippen molar-refractivity contribution in [2.75, 3.05) is 11.9 Å². The maximum absolute atomic E-state index is 13.1. The van der Waals surface area contributed by atoms with E-state index in [0.717, 1.165) is 22.8 Å². The van der Waals surface area contributed by atoms with Gasteiger partial charge in [-0.2, -0.15) is 18.2 Å². The first kappa shape index (κ1) is 19.1. The van der Waals surface area contributed by atoms with E-state index in [-0.39, 0.29) is 27.4 Å². The van der Waals surface area contributed by atoms with Crippen LogP contribution < -0.4 is 11.0 Å². The van der Waals surface area contributed by atoms with Gasteiger partial charge in [-0.1, -0.05) is 23.7 Å². The van der Waals surface area contributed by atoms with E-state index in [2.05, 4.69) is 10.3 Å². The lowest BCUT2D eigenvalue weighted by Gasteiger charge is -2.16. The Morgan fingerprint density at radius 1 is 1.15 bits per heavy atom. The third-order valence-corrected chi connectivity index (χ3v) is 4.06. The van der Waals surface area contributed by atoms with Crippen LogP contribution in [0.15, 0.2) is 47.3 Å². The fraction of sp³-hybridized carbons (Fsp3) is 0.176. The van der Waals surface area contributed by atoms with Crippen LogP contribution in [0.5, 0.6) is 0 Å². The van der Waals surface area contributed by atoms with E-state index in [9.17, 15) is 26.7 Å². The van der Waals surface area contributed by atoms with Crippen molar-refractivity contribution in [2.24, 2.45) is 0 Å². The summed E-state index contributed by atoms with van der Waals surface area (Å²) in [7, 11) is 0. The van der Waals surface area contributed by atoms with E-state index < -0.39 is 30.4 Å². The molecule has 4 nitrogen and oxygen atoms in total. The lowest BCUT2D eigenvalue weighted by molar-refractivity contribution is -0.137. The number of para-hydroxylation sites is 1. The fourth-order valence-corrected chi connectivity index (χ4v) is 2.80. The van der Waals surface area contributed by atoms with Crippen LogP contribution in [0.1, 0.15) is 5.56 Å². The Hall–Kier alpha value is -2.68. The molecule has 0 atom stereocenters. The molecule has 142 valence electrons. The second-order valence-electron chi connectivity index (χ2n) is 5.53. The predicted molar refractivity (Wildman–Crippen MR) is 91.8 cm³/mol. The zero-order valence-corrected chi connectivity index (χ0v) is 14.2. The first-order chi connectivity index (χ1) is 12.7. The van der Waals surface area contributed by atoms with Gasteiger partial charge in [0.25, 0.3) is 6.43 Å². The molecule has 1 N–H and O–H groups in total. The third-order valence-electron chi connectivity index (χ3n) is 3.74. The average Bonchev–Trinajstić information content (AvgIpc) is 2.59. The summed E-state index contributed by atoms with van der Waals surface area (Å²) >= 11 is 6.08. The Labute approximate surface area is 154 Å². The number of benzene rings is 2. The van der Waals surface area contributed by atoms with Gasteiger partial charge >= 0.3 is 11.9 Å². The van der Waals surface area contributed by atoms with Crippen molar-refractivity contribution in [1.29, 1.82) is 0 Å². The highest BCUT2D eigenvalue weighted by Crippen LogP contribution is 2.33. The van der Waals surface area contributed by atoms with Crippen LogP contribution in [0.25, 0.3) is 16.6 Å². The minimum Gasteiger partial charge on any atom is -0.364 e. The van der Waals surface area contributed by atoms with E-state index in [1.807, 2.05) is 0 Å². The second-order valence-corrected chi connectivity index (χ2v) is 5.94. The minimum absolute atomic E-state index is 0.0724. The molecule has 27 heavy (non-hydrogen) atoms. The highest BCUT2D eigenvalue weighted by Gasteiger charge is 2.31. The first-order valence-corrected chi connectivity index (χ1v) is 7.97. The van der Waals surface area contributed by atoms with Gasteiger partial charge in [0.05, 0.1) is 28.3 Å². The number of hydrogen-bond donors (Lipinski definition) is 1. The number of nitrogens with zero attached hydrogens (tertiary/aromatic N) is 2. The highest BCUT2D eigenvalue weighted by atomic mass is 35.5. The Balaban J connectivity index is 2.34. The van der Waals surface area contributed by atoms with Crippen LogP contribution in [0, 0.1) is 0 Å². The molecule has 0 fully saturated rings. The molecule has 3 rings (SSSR count). The number of hydrogen-bond acceptors (Lipinski definition) is 3. The summed E-state index contributed by atoms with van der Waals surface area (Å²) < 4.78 is 65.3. The molecular weight excluding hydrogens is 393 g/mol. The maximum atomic E-state index is 13.1. The van der Waals surface area contributed by atoms with Crippen molar-refractivity contribution >= 4 is 28.3 Å². The Morgan fingerprint density at radius 2 is 1.85 bits per heavy atom. The molecule has 0 aliphatic heterocycles. The zero-order valence-electron chi connectivity index (χ0n) is 13.4. The zero-order chi connectivity index (χ0) is 19.8. The molecule has 0 unspecified atom stereocenters. The van der Waals surface area contributed by atoms with Crippen LogP contribution in [-0.2, 0) is 6.18 Å². The van der Waals surface area contributed by atoms with Gasteiger partial charge in [-0.3, -0.25) is 4.57 Å². The van der Waals surface area contributed by atoms with Gasteiger partial charge in [0.1, 0.15) is 5.82 Å². The standard InChI is InChI=1S/C17H11ClF5N3O/c18-11-3-1-2-4-12(11)26-13-7-9(17(21,22)23)5-6-10(13)15(25-16(26)27)24-8-14(19)20/h1-7,14H,8H2,(H,24,25,27). The lowest BCUT2D eigenvalue weighted by Crippen LogP contribution is -2.25. The van der Waals surface area contributed by atoms with Crippen molar-refractivity contribution < 1.29 is 22.0 Å². The van der Waals surface area contributed by atoms with E-state index in [1.165, 1.54) is 12.1 Å². The summed E-state index contributed by atoms with van der Waals surface area (Å²) in [6, 6.07) is 8.67. The number of anilines is 1. The van der Waals surface area contributed by atoms with Crippen molar-refractivity contribution in [3.63, 3.8) is 0 Å². The number of aromatic nitrogens is 2. The fourth-order valence-electron chi connectivity index (χ4n) is 2.58. The van der Waals surface area contributed by atoms with Crippen molar-refractivity contribution in [1.82, 2.24) is 9.55 Å². The SMILES string of the molecule is O=c1nc(NCC(F)F)c2ccc(C(F)(F)F)cc2n1-c1ccccc1Cl. The van der Waals surface area contributed by atoms with Gasteiger partial charge in [0, 0.05) is 5.39 Å². The van der Waals surface area contributed by atoms with Crippen LogP contribution in [0.3, 0.4) is 0 Å². The third kappa shape index (κ3) is 3.87. The molecule has 0 saturated carbocycles. The number of rotatable bonds is 4. The molecule has 2 aromatic carbocycles. The van der Waals surface area contributed by atoms with Crippen molar-refractivity contribution in [3.05, 3.63) is 63.5 Å². The van der Waals surface area contributed by atoms with Crippen LogP contribution in [0.4, 0.5) is 27.8 Å². The smallest absolute Gasteiger partial charge is 0.364 e. The quantitative estimate of drug-likeness (QED) is 0.640. The molecule has 0 aliphatic carbocycles. The molecule has 0 bridgehead atoms. The summed E-state index contributed by atoms with van der Waals surface area (Å²) in [5, 5.41) is 2.48. The Kier molecular flexibility index (Phi) is 5.05. The summed E-state index contributed by atoms with van der Waals surface area (Å²) in [4.78, 5) is 16.2. The second kappa shape index (κ2) is 7.15. The molecule has 3 aromatic rings. The van der Waals surface area contributed by atoms with Crippen LogP contribution in [-0.4, -0.2) is 22.5 Å². The topological polar surface area (TPSA) is 46.9 Å². The molecule has 0 radical (unpaired) electrons. The minimum atomic E-state index is -4.66. The predicted octanol–water partition coefficient (Wildman–Crippen LogP) is 4.73. The largest absolute Gasteiger partial charge is 0.416 e. The molecule has 0 saturated heterocycles. The summed E-state index contributed by atoms with van der Waals surface area (Å²) in [5.41, 5.74) is -1.98. The number of nitrogens with one attached hydrogen (secondary N) is 1. The highest BCUT2D eigenvalue weighted by molar-refractivity contribution is 6.32. The van der Waals surface area contributed by atoms with Gasteiger partial charge in [-0.25, -0.2) is 13.6 Å². The van der Waals surface area contributed by atoms with E-state index >= 15 is 0 Å². The van der Waals surface area contributed by atoms with Gasteiger partial charge in [0.15, 0.2) is 0 Å². The molecule has 0 aliphatic rings. The van der Waals surface area contributed by atoms with E-state index in [4.69, 9.17) is 11.6 Å². The average molecular weight is 404 g/mol. The van der Waals surface area contributed by atoms with Crippen molar-refractivity contribution in [2.45, 2.75) is 12.6 Å². The normalized spacial score (nSPS) is 12.0. The van der Waals surface area contributed by atoms with Crippen molar-refractivity contribution in [3.8, 4) is 5.69 Å². The maximum Gasteiger partial charge on any atom is 0.416 e. The Bertz CT molecular complexity index is 1050. The number of halogens is 6. The van der Waals surface area contributed by atoms with Gasteiger partial charge in [0.2, 0.25) is 0 Å². The van der Waals surface area contributed by atoms with Crippen LogP contribution in [0.2, 0.25) is 5.02 Å². The number of fused-ring (bicyclic) bond motifs is 1. The molecule has 10 heteroatoms. The van der Waals surface area contributed by atoms with Gasteiger partial charge < -0.3 is 5.32 Å². The molecular formula is C17H11ClF5N3O. The lowest BCUT2D eigenvalue weighted by atomic mass is 10.1. The number of alkyl halides is 5. The van der Waals surface area contributed by atoms with Crippen LogP contribution >= 0.6 is 11.6 Å². The summed E-state index contributed by atoms with van der Waals surface area (Å²) in [5.74, 6) is -0.229. The Morgan fingerprint density at radius 3 is 2.48 bits per heavy atom. The van der Waals surface area contributed by atoms with Gasteiger partial charge in [-0.05, 0) is 30.3 Å². The summed E-state index contributed by atoms with van der Waals surface area (Å²) in [6.45, 7) is -0.807.